The SMILES string of the molecule is CCNC(=NCc1ccc(O)c(F)c1)NCC(C)(C)NC(=O)OC(C)(C)C.I. The van der Waals surface area contributed by atoms with E-state index in [9.17, 15) is 14.3 Å². The van der Waals surface area contributed by atoms with E-state index in [0.29, 0.717) is 24.6 Å². The topological polar surface area (TPSA) is 95.0 Å². The maximum Gasteiger partial charge on any atom is 0.408 e. The van der Waals surface area contributed by atoms with Gasteiger partial charge in [0.1, 0.15) is 5.60 Å². The third kappa shape index (κ3) is 10.5. The zero-order valence-electron chi connectivity index (χ0n) is 17.4. The van der Waals surface area contributed by atoms with E-state index in [2.05, 4.69) is 20.9 Å². The van der Waals surface area contributed by atoms with E-state index in [4.69, 9.17) is 4.74 Å². The van der Waals surface area contributed by atoms with E-state index < -0.39 is 23.1 Å². The third-order valence-electron chi connectivity index (χ3n) is 3.31. The molecule has 1 amide bonds. The minimum absolute atomic E-state index is 0. The van der Waals surface area contributed by atoms with Gasteiger partial charge in [0.05, 0.1) is 12.1 Å². The molecule has 0 unspecified atom stereocenters. The second-order valence-corrected chi connectivity index (χ2v) is 7.85. The van der Waals surface area contributed by atoms with Crippen LogP contribution in [0, 0.1) is 5.82 Å². The number of nitrogens with one attached hydrogen (secondary N) is 3. The van der Waals surface area contributed by atoms with Crippen molar-refractivity contribution in [2.24, 2.45) is 4.99 Å². The van der Waals surface area contributed by atoms with Gasteiger partial charge < -0.3 is 25.8 Å². The number of halogens is 2. The lowest BCUT2D eigenvalue weighted by molar-refractivity contribution is 0.0474. The smallest absolute Gasteiger partial charge is 0.408 e. The first-order valence-corrected chi connectivity index (χ1v) is 8.92. The molecule has 0 radical (unpaired) electrons. The summed E-state index contributed by atoms with van der Waals surface area (Å²) in [6.45, 7) is 12.4. The van der Waals surface area contributed by atoms with Gasteiger partial charge in [0, 0.05) is 13.1 Å². The Kier molecular flexibility index (Phi) is 10.6. The van der Waals surface area contributed by atoms with Crippen molar-refractivity contribution in [1.82, 2.24) is 16.0 Å². The van der Waals surface area contributed by atoms with Gasteiger partial charge in [-0.05, 0) is 59.2 Å². The lowest BCUT2D eigenvalue weighted by Gasteiger charge is -2.29. The van der Waals surface area contributed by atoms with Crippen molar-refractivity contribution in [1.29, 1.82) is 0 Å². The third-order valence-corrected chi connectivity index (χ3v) is 3.31. The predicted molar refractivity (Wildman–Crippen MR) is 120 cm³/mol. The number of phenols is 1. The van der Waals surface area contributed by atoms with Gasteiger partial charge in [0.25, 0.3) is 0 Å². The first-order chi connectivity index (χ1) is 12.4. The molecule has 0 saturated carbocycles. The van der Waals surface area contributed by atoms with Crippen LogP contribution in [0.1, 0.15) is 47.1 Å². The summed E-state index contributed by atoms with van der Waals surface area (Å²) in [6, 6.07) is 4.16. The molecule has 0 fully saturated rings. The second-order valence-electron chi connectivity index (χ2n) is 7.85. The molecule has 0 heterocycles. The van der Waals surface area contributed by atoms with Gasteiger partial charge in [0.2, 0.25) is 0 Å². The standard InChI is InChI=1S/C19H31FN4O3.HI/c1-7-21-16(22-11-13-8-9-15(25)14(20)10-13)23-12-19(5,6)24-17(26)27-18(2,3)4;/h8-10,25H,7,11-12H2,1-6H3,(H,24,26)(H2,21,22,23);1H. The van der Waals surface area contributed by atoms with Gasteiger partial charge in [-0.3, -0.25) is 0 Å². The van der Waals surface area contributed by atoms with Crippen molar-refractivity contribution in [3.8, 4) is 5.75 Å². The number of amides is 1. The molecule has 1 aromatic rings. The minimum atomic E-state index is -0.677. The van der Waals surface area contributed by atoms with Gasteiger partial charge in [-0.1, -0.05) is 6.07 Å². The number of ether oxygens (including phenoxy) is 1. The van der Waals surface area contributed by atoms with Crippen LogP contribution in [0.25, 0.3) is 0 Å². The van der Waals surface area contributed by atoms with Gasteiger partial charge in [-0.15, -0.1) is 24.0 Å². The number of aliphatic imine (C=N–C) groups is 1. The molecule has 9 heteroatoms. The Morgan fingerprint density at radius 1 is 1.21 bits per heavy atom. The summed E-state index contributed by atoms with van der Waals surface area (Å²) in [4.78, 5) is 16.4. The summed E-state index contributed by atoms with van der Waals surface area (Å²) in [5.74, 6) is -0.531. The van der Waals surface area contributed by atoms with Gasteiger partial charge >= 0.3 is 6.09 Å². The number of aromatic hydroxyl groups is 1. The fourth-order valence-corrected chi connectivity index (χ4v) is 2.09. The van der Waals surface area contributed by atoms with Crippen molar-refractivity contribution in [2.75, 3.05) is 13.1 Å². The molecule has 0 atom stereocenters. The van der Waals surface area contributed by atoms with E-state index >= 15 is 0 Å². The number of alkyl carbamates (subject to hydrolysis) is 1. The summed E-state index contributed by atoms with van der Waals surface area (Å²) >= 11 is 0. The number of nitrogens with zero attached hydrogens (tertiary/aromatic N) is 1. The van der Waals surface area contributed by atoms with Gasteiger partial charge in [-0.2, -0.15) is 0 Å². The number of rotatable bonds is 6. The van der Waals surface area contributed by atoms with Crippen molar-refractivity contribution in [3.05, 3.63) is 29.6 Å². The molecular formula is C19H32FIN4O3. The summed E-state index contributed by atoms with van der Waals surface area (Å²) in [7, 11) is 0. The van der Waals surface area contributed by atoms with Crippen LogP contribution in [0.2, 0.25) is 0 Å². The van der Waals surface area contributed by atoms with Crippen molar-refractivity contribution in [3.63, 3.8) is 0 Å². The average molecular weight is 510 g/mol. The summed E-state index contributed by atoms with van der Waals surface area (Å²) in [5, 5.41) is 18.3. The fourth-order valence-electron chi connectivity index (χ4n) is 2.09. The minimum Gasteiger partial charge on any atom is -0.505 e. The Balaban J connectivity index is 0.00000729. The molecule has 7 nitrogen and oxygen atoms in total. The molecule has 4 N–H and O–H groups in total. The Labute approximate surface area is 183 Å². The number of benzene rings is 1. The Morgan fingerprint density at radius 3 is 2.39 bits per heavy atom. The lowest BCUT2D eigenvalue weighted by atomic mass is 10.1. The molecule has 0 aliphatic rings. The number of hydrogen-bond acceptors (Lipinski definition) is 4. The van der Waals surface area contributed by atoms with E-state index in [1.165, 1.54) is 12.1 Å². The second kappa shape index (κ2) is 11.3. The number of hydrogen-bond donors (Lipinski definition) is 4. The lowest BCUT2D eigenvalue weighted by Crippen LogP contribution is -2.54. The van der Waals surface area contributed by atoms with Gasteiger partial charge in [-0.25, -0.2) is 14.2 Å². The van der Waals surface area contributed by atoms with E-state index in [1.807, 2.05) is 20.8 Å². The first kappa shape index (κ1) is 26.2. The van der Waals surface area contributed by atoms with Gasteiger partial charge in [0.15, 0.2) is 17.5 Å². The molecule has 0 bridgehead atoms. The van der Waals surface area contributed by atoms with Crippen molar-refractivity contribution < 1.29 is 19.0 Å². The highest BCUT2D eigenvalue weighted by Gasteiger charge is 2.24. The van der Waals surface area contributed by atoms with E-state index in [-0.39, 0.29) is 36.3 Å². The zero-order chi connectivity index (χ0) is 20.7. The maximum absolute atomic E-state index is 13.4. The predicted octanol–water partition coefficient (Wildman–Crippen LogP) is 3.51. The summed E-state index contributed by atoms with van der Waals surface area (Å²) in [5.41, 5.74) is -0.513. The molecule has 0 aliphatic carbocycles. The fraction of sp³-hybridized carbons (Fsp3) is 0.579. The van der Waals surface area contributed by atoms with Crippen LogP contribution < -0.4 is 16.0 Å². The molecule has 0 spiro atoms. The van der Waals surface area contributed by atoms with Crippen LogP contribution in [0.3, 0.4) is 0 Å². The largest absolute Gasteiger partial charge is 0.505 e. The Morgan fingerprint density at radius 2 is 1.86 bits per heavy atom. The van der Waals surface area contributed by atoms with Crippen LogP contribution >= 0.6 is 24.0 Å². The highest BCUT2D eigenvalue weighted by Crippen LogP contribution is 2.16. The Bertz CT molecular complexity index is 676. The molecule has 0 aliphatic heterocycles. The molecule has 0 saturated heterocycles. The zero-order valence-corrected chi connectivity index (χ0v) is 19.7. The first-order valence-electron chi connectivity index (χ1n) is 8.92. The number of carbonyl (C=O) groups is 1. The Hall–Kier alpha value is -1.78. The van der Waals surface area contributed by atoms with Crippen LogP contribution in [0.15, 0.2) is 23.2 Å². The van der Waals surface area contributed by atoms with Crippen LogP contribution in [0.4, 0.5) is 9.18 Å². The average Bonchev–Trinajstić information content (AvgIpc) is 2.51. The van der Waals surface area contributed by atoms with Crippen LogP contribution in [-0.4, -0.2) is 41.4 Å². The maximum atomic E-state index is 13.4. The quantitative estimate of drug-likeness (QED) is 0.267. The van der Waals surface area contributed by atoms with Crippen LogP contribution in [0.5, 0.6) is 5.75 Å². The summed E-state index contributed by atoms with van der Waals surface area (Å²) in [6.07, 6.45) is -0.490. The monoisotopic (exact) mass is 510 g/mol. The van der Waals surface area contributed by atoms with Crippen molar-refractivity contribution in [2.45, 2.75) is 59.2 Å². The number of guanidine groups is 1. The molecule has 0 aromatic heterocycles. The van der Waals surface area contributed by atoms with E-state index in [0.717, 1.165) is 0 Å². The molecule has 28 heavy (non-hydrogen) atoms. The van der Waals surface area contributed by atoms with E-state index in [1.54, 1.807) is 26.8 Å². The molecule has 1 aromatic carbocycles. The highest BCUT2D eigenvalue weighted by atomic mass is 127. The molecule has 1 rings (SSSR count). The number of carbonyl (C=O) groups excluding carboxylic acids is 1. The van der Waals surface area contributed by atoms with Crippen molar-refractivity contribution >= 4 is 36.0 Å². The summed E-state index contributed by atoms with van der Waals surface area (Å²) < 4.78 is 18.7. The molecule has 160 valence electrons. The highest BCUT2D eigenvalue weighted by molar-refractivity contribution is 14.0. The normalized spacial score (nSPS) is 12.0. The van der Waals surface area contributed by atoms with Crippen LogP contribution in [-0.2, 0) is 11.3 Å². The number of phenolic OH excluding ortho intramolecular Hbond substituents is 1. The molecular weight excluding hydrogens is 478 g/mol.